The molecule has 29 heavy (non-hydrogen) atoms. The number of benzene rings is 1. The maximum atomic E-state index is 13.0. The Labute approximate surface area is 171 Å². The first-order chi connectivity index (χ1) is 14.0. The van der Waals surface area contributed by atoms with Crippen molar-refractivity contribution in [1.82, 2.24) is 19.9 Å². The molecule has 0 saturated heterocycles. The van der Waals surface area contributed by atoms with Gasteiger partial charge in [0.2, 0.25) is 0 Å². The molecular weight excluding hydrogens is 392 g/mol. The van der Waals surface area contributed by atoms with Crippen LogP contribution in [0.1, 0.15) is 53.7 Å². The number of carbonyl (C=O) groups excluding carboxylic acids is 1. The number of hydrogen-bond acceptors (Lipinski definition) is 4. The summed E-state index contributed by atoms with van der Waals surface area (Å²) in [6, 6.07) is 8.89. The zero-order chi connectivity index (χ0) is 20.5. The number of rotatable bonds is 6. The molecule has 2 heterocycles. The number of nitrogens with zero attached hydrogens (tertiary/aromatic N) is 2. The Morgan fingerprint density at radius 2 is 2.10 bits per heavy atom. The second-order valence-corrected chi connectivity index (χ2v) is 7.73. The highest BCUT2D eigenvalue weighted by molar-refractivity contribution is 6.30. The maximum absolute atomic E-state index is 13.0. The lowest BCUT2D eigenvalue weighted by Gasteiger charge is -2.13. The van der Waals surface area contributed by atoms with Crippen molar-refractivity contribution in [3.8, 4) is 0 Å². The number of pyridine rings is 1. The van der Waals surface area contributed by atoms with Crippen molar-refractivity contribution in [3.63, 3.8) is 0 Å². The van der Waals surface area contributed by atoms with Crippen LogP contribution in [0.3, 0.4) is 0 Å². The molecule has 0 atom stereocenters. The minimum Gasteiger partial charge on any atom is -0.348 e. The molecule has 1 aromatic carbocycles. The van der Waals surface area contributed by atoms with E-state index in [1.54, 1.807) is 18.2 Å². The van der Waals surface area contributed by atoms with E-state index < -0.39 is 11.2 Å². The van der Waals surface area contributed by atoms with Crippen molar-refractivity contribution in [1.29, 1.82) is 0 Å². The maximum Gasteiger partial charge on any atom is 0.329 e. The summed E-state index contributed by atoms with van der Waals surface area (Å²) >= 11 is 6.00. The zero-order valence-corrected chi connectivity index (χ0v) is 16.8. The summed E-state index contributed by atoms with van der Waals surface area (Å²) in [4.78, 5) is 44.8. The van der Waals surface area contributed by atoms with Crippen LogP contribution in [0.15, 0.2) is 39.9 Å². The third-order valence-corrected chi connectivity index (χ3v) is 5.23. The number of aryl methyl sites for hydroxylation is 1. The van der Waals surface area contributed by atoms with Gasteiger partial charge in [0.15, 0.2) is 5.65 Å². The van der Waals surface area contributed by atoms with Crippen LogP contribution in [-0.4, -0.2) is 20.4 Å². The number of amides is 1. The molecular formula is C21H21ClN4O3. The normalized spacial score (nSPS) is 13.6. The standard InChI is InChI=1S/C21H21ClN4O3/c1-2-8-26-18-17(20(28)25-21(26)29)15(10-16(24-18)13-6-7-13)19(27)23-11-12-4-3-5-14(22)9-12/h3-5,9-10,13H,2,6-8,11H2,1H3,(H,23,27)(H,25,28,29). The van der Waals surface area contributed by atoms with Crippen molar-refractivity contribution < 1.29 is 4.79 Å². The highest BCUT2D eigenvalue weighted by Crippen LogP contribution is 2.39. The fourth-order valence-electron chi connectivity index (χ4n) is 3.42. The van der Waals surface area contributed by atoms with Crippen LogP contribution in [0.4, 0.5) is 0 Å². The number of nitrogens with one attached hydrogen (secondary N) is 2. The molecule has 2 aromatic heterocycles. The van der Waals surface area contributed by atoms with Gasteiger partial charge in [-0.05, 0) is 43.0 Å². The van der Waals surface area contributed by atoms with Crippen molar-refractivity contribution in [2.75, 3.05) is 0 Å². The van der Waals surface area contributed by atoms with Crippen LogP contribution in [0.2, 0.25) is 5.02 Å². The van der Waals surface area contributed by atoms with Gasteiger partial charge in [-0.2, -0.15) is 0 Å². The van der Waals surface area contributed by atoms with E-state index >= 15 is 0 Å². The minimum absolute atomic E-state index is 0.144. The summed E-state index contributed by atoms with van der Waals surface area (Å²) in [6.45, 7) is 2.62. The number of fused-ring (bicyclic) bond motifs is 1. The highest BCUT2D eigenvalue weighted by atomic mass is 35.5. The molecule has 0 bridgehead atoms. The average molecular weight is 413 g/mol. The largest absolute Gasteiger partial charge is 0.348 e. The van der Waals surface area contributed by atoms with Crippen LogP contribution in [-0.2, 0) is 13.1 Å². The minimum atomic E-state index is -0.597. The van der Waals surface area contributed by atoms with E-state index in [4.69, 9.17) is 11.6 Å². The van der Waals surface area contributed by atoms with Gasteiger partial charge in [-0.3, -0.25) is 19.1 Å². The van der Waals surface area contributed by atoms with E-state index in [0.717, 1.165) is 24.1 Å². The SMILES string of the molecule is CCCn1c(=O)[nH]c(=O)c2c(C(=O)NCc3cccc(Cl)c3)cc(C3CC3)nc21. The fraction of sp³-hybridized carbons (Fsp3) is 0.333. The molecule has 150 valence electrons. The molecule has 0 unspecified atom stereocenters. The number of halogens is 1. The topological polar surface area (TPSA) is 96.9 Å². The molecule has 1 aliphatic rings. The molecule has 7 nitrogen and oxygen atoms in total. The van der Waals surface area contributed by atoms with Gasteiger partial charge in [0.1, 0.15) is 0 Å². The third kappa shape index (κ3) is 3.96. The van der Waals surface area contributed by atoms with Gasteiger partial charge >= 0.3 is 5.69 Å². The van der Waals surface area contributed by atoms with Crippen molar-refractivity contribution in [3.05, 3.63) is 73.0 Å². The Morgan fingerprint density at radius 3 is 2.79 bits per heavy atom. The van der Waals surface area contributed by atoms with Gasteiger partial charge in [-0.25, -0.2) is 9.78 Å². The molecule has 0 aliphatic heterocycles. The third-order valence-electron chi connectivity index (χ3n) is 5.00. The molecule has 4 rings (SSSR count). The van der Waals surface area contributed by atoms with Gasteiger partial charge in [-0.1, -0.05) is 30.7 Å². The summed E-state index contributed by atoms with van der Waals surface area (Å²) in [5.74, 6) is -0.116. The van der Waals surface area contributed by atoms with E-state index in [0.29, 0.717) is 18.0 Å². The van der Waals surface area contributed by atoms with E-state index in [2.05, 4.69) is 15.3 Å². The molecule has 0 radical (unpaired) electrons. The summed E-state index contributed by atoms with van der Waals surface area (Å²) in [6.07, 6.45) is 2.68. The van der Waals surface area contributed by atoms with Gasteiger partial charge in [0.05, 0.1) is 10.9 Å². The molecule has 1 saturated carbocycles. The molecule has 0 spiro atoms. The van der Waals surface area contributed by atoms with Crippen LogP contribution in [0.25, 0.3) is 11.0 Å². The second kappa shape index (κ2) is 7.83. The Kier molecular flexibility index (Phi) is 5.24. The quantitative estimate of drug-likeness (QED) is 0.650. The van der Waals surface area contributed by atoms with E-state index in [1.165, 1.54) is 4.57 Å². The smallest absolute Gasteiger partial charge is 0.329 e. The Morgan fingerprint density at radius 1 is 1.31 bits per heavy atom. The lowest BCUT2D eigenvalue weighted by atomic mass is 10.1. The van der Waals surface area contributed by atoms with Gasteiger partial charge in [0, 0.05) is 29.7 Å². The van der Waals surface area contributed by atoms with Crippen molar-refractivity contribution in [2.24, 2.45) is 0 Å². The first kappa shape index (κ1) is 19.4. The van der Waals surface area contributed by atoms with Gasteiger partial charge in [0.25, 0.3) is 11.5 Å². The highest BCUT2D eigenvalue weighted by Gasteiger charge is 2.28. The molecule has 1 aliphatic carbocycles. The van der Waals surface area contributed by atoms with Crippen LogP contribution in [0, 0.1) is 0 Å². The average Bonchev–Trinajstić information content (AvgIpc) is 3.54. The molecule has 3 aromatic rings. The lowest BCUT2D eigenvalue weighted by Crippen LogP contribution is -2.33. The predicted octanol–water partition coefficient (Wildman–Crippen LogP) is 2.96. The number of aromatic nitrogens is 3. The zero-order valence-electron chi connectivity index (χ0n) is 16.0. The predicted molar refractivity (Wildman–Crippen MR) is 112 cm³/mol. The Hall–Kier alpha value is -2.93. The van der Waals surface area contributed by atoms with Crippen LogP contribution < -0.4 is 16.6 Å². The van der Waals surface area contributed by atoms with Gasteiger partial charge < -0.3 is 5.32 Å². The van der Waals surface area contributed by atoms with Crippen molar-refractivity contribution in [2.45, 2.75) is 45.2 Å². The monoisotopic (exact) mass is 412 g/mol. The number of H-pyrrole nitrogens is 1. The number of aromatic amines is 1. The summed E-state index contributed by atoms with van der Waals surface area (Å²) < 4.78 is 1.44. The molecule has 1 amide bonds. The first-order valence-corrected chi connectivity index (χ1v) is 10.1. The summed E-state index contributed by atoms with van der Waals surface area (Å²) in [5.41, 5.74) is 1.02. The van der Waals surface area contributed by atoms with Crippen LogP contribution in [0.5, 0.6) is 0 Å². The van der Waals surface area contributed by atoms with Crippen molar-refractivity contribution >= 4 is 28.5 Å². The van der Waals surface area contributed by atoms with E-state index in [9.17, 15) is 14.4 Å². The second-order valence-electron chi connectivity index (χ2n) is 7.29. The molecule has 8 heteroatoms. The van der Waals surface area contributed by atoms with Gasteiger partial charge in [-0.15, -0.1) is 0 Å². The molecule has 1 fully saturated rings. The summed E-state index contributed by atoms with van der Waals surface area (Å²) in [5, 5.41) is 3.58. The van der Waals surface area contributed by atoms with E-state index in [1.807, 2.05) is 19.1 Å². The number of hydrogen-bond donors (Lipinski definition) is 2. The first-order valence-electron chi connectivity index (χ1n) is 9.68. The Bertz CT molecular complexity index is 1210. The summed E-state index contributed by atoms with van der Waals surface area (Å²) in [7, 11) is 0. The Balaban J connectivity index is 1.79. The number of carbonyl (C=O) groups is 1. The van der Waals surface area contributed by atoms with Crippen LogP contribution >= 0.6 is 11.6 Å². The molecule has 2 N–H and O–H groups in total. The van der Waals surface area contributed by atoms with E-state index in [-0.39, 0.29) is 35.0 Å². The lowest BCUT2D eigenvalue weighted by molar-refractivity contribution is 0.0952. The fourth-order valence-corrected chi connectivity index (χ4v) is 3.63.